The quantitative estimate of drug-likeness (QED) is 0.0199. The van der Waals surface area contributed by atoms with Gasteiger partial charge in [0.1, 0.15) is 72.5 Å². The number of hydrogen-bond donors (Lipinski definition) is 23. The van der Waals surface area contributed by atoms with Gasteiger partial charge in [0.2, 0.25) is 88.6 Å². The minimum Gasteiger partial charge on any atom is -0.394 e. The number of hydrogen-bond acceptors (Lipinski definition) is 22. The van der Waals surface area contributed by atoms with Crippen LogP contribution >= 0.6 is 0 Å². The second-order valence-electron chi connectivity index (χ2n) is 32.1. The Kier molecular flexibility index (Phi) is 46.7. The first-order chi connectivity index (χ1) is 58.1. The normalized spacial score (nSPS) is 14.8. The highest BCUT2D eigenvalue weighted by Crippen LogP contribution is 2.21. The van der Waals surface area contributed by atoms with Crippen molar-refractivity contribution < 1.29 is 77.0 Å². The van der Waals surface area contributed by atoms with Gasteiger partial charge < -0.3 is 124 Å². The van der Waals surface area contributed by atoms with Crippen LogP contribution in [0.4, 0.5) is 0 Å². The number of rotatable bonds is 60. The summed E-state index contributed by atoms with van der Waals surface area (Å²) in [5, 5.41) is 45.6. The van der Waals surface area contributed by atoms with E-state index in [4.69, 9.17) is 40.1 Å². The minimum atomic E-state index is -1.61. The Hall–Kier alpha value is -11.0. The number of amides is 15. The number of benzene rings is 2. The average molecular weight is 1710 g/mol. The van der Waals surface area contributed by atoms with E-state index in [1.807, 2.05) is 0 Å². The number of aliphatic hydroxyl groups excluding tert-OH is 1. The van der Waals surface area contributed by atoms with E-state index in [-0.39, 0.29) is 89.1 Å². The summed E-state index contributed by atoms with van der Waals surface area (Å²) in [5.41, 5.74) is 42.4. The Bertz CT molecular complexity index is 4000. The number of nitrogens with zero attached hydrogens (tertiary/aromatic N) is 1. The highest BCUT2D eigenvalue weighted by atomic mass is 16.3. The van der Waals surface area contributed by atoms with Gasteiger partial charge in [0.15, 0.2) is 0 Å². The van der Waals surface area contributed by atoms with Gasteiger partial charge in [-0.05, 0) is 157 Å². The Balaban J connectivity index is 1.62. The number of fused-ring (bicyclic) bond motifs is 1. The molecule has 0 saturated carbocycles. The summed E-state index contributed by atoms with van der Waals surface area (Å²) in [7, 11) is 0. The lowest BCUT2D eigenvalue weighted by Gasteiger charge is -2.30. The molecule has 0 spiro atoms. The van der Waals surface area contributed by atoms with E-state index >= 15 is 0 Å². The van der Waals surface area contributed by atoms with Gasteiger partial charge in [-0.15, -0.1) is 0 Å². The molecule has 678 valence electrons. The Morgan fingerprint density at radius 3 is 1.35 bits per heavy atom. The molecular weight excluding hydrogens is 1580 g/mol. The number of aliphatic hydroxyl groups is 1. The molecule has 0 aliphatic rings. The predicted octanol–water partition coefficient (Wildman–Crippen LogP) is -2.77. The molecule has 0 saturated heterocycles. The second-order valence-corrected chi connectivity index (χ2v) is 32.1. The molecule has 39 heteroatoms. The van der Waals surface area contributed by atoms with Crippen LogP contribution in [0.1, 0.15) is 181 Å². The summed E-state index contributed by atoms with van der Waals surface area (Å²) in [6.45, 7) is 13.4. The van der Waals surface area contributed by atoms with Crippen LogP contribution in [0.25, 0.3) is 10.9 Å². The number of nitrogens with two attached hydrogens (primary N) is 7. The van der Waals surface area contributed by atoms with Gasteiger partial charge in [0, 0.05) is 54.7 Å². The molecule has 0 bridgehead atoms. The van der Waals surface area contributed by atoms with Crippen molar-refractivity contribution in [1.29, 1.82) is 0 Å². The first-order valence-electron chi connectivity index (χ1n) is 42.3. The van der Waals surface area contributed by atoms with Crippen LogP contribution in [0.5, 0.6) is 0 Å². The molecule has 0 aliphatic carbocycles. The maximum absolute atomic E-state index is 14.9. The van der Waals surface area contributed by atoms with Crippen LogP contribution in [0.2, 0.25) is 0 Å². The van der Waals surface area contributed by atoms with Gasteiger partial charge in [0.25, 0.3) is 0 Å². The summed E-state index contributed by atoms with van der Waals surface area (Å²) in [5.74, 6) is -14.5. The molecule has 30 N–H and O–H groups in total. The van der Waals surface area contributed by atoms with Crippen molar-refractivity contribution >= 4 is 99.5 Å². The lowest BCUT2D eigenvalue weighted by atomic mass is 9.95. The number of para-hydroxylation sites is 1. The molecule has 14 atom stereocenters. The number of carbonyl (C=O) groups excluding carboxylic acids is 15. The summed E-state index contributed by atoms with van der Waals surface area (Å²) < 4.78 is 0. The number of H-pyrrole nitrogens is 2. The topological polar surface area (TPSA) is 659 Å². The number of aromatic amines is 2. The van der Waals surface area contributed by atoms with Crippen molar-refractivity contribution in [2.75, 3.05) is 39.3 Å². The average Bonchev–Trinajstić information content (AvgIpc) is 1.63. The summed E-state index contributed by atoms with van der Waals surface area (Å²) in [4.78, 5) is 222. The third-order valence-corrected chi connectivity index (χ3v) is 20.6. The van der Waals surface area contributed by atoms with Crippen molar-refractivity contribution in [3.8, 4) is 0 Å². The Morgan fingerprint density at radius 2 is 0.852 bits per heavy atom. The summed E-state index contributed by atoms with van der Waals surface area (Å²) in [6, 6.07) is -1.91. The fourth-order valence-electron chi connectivity index (χ4n) is 13.4. The maximum atomic E-state index is 14.9. The van der Waals surface area contributed by atoms with E-state index < -0.39 is 205 Å². The highest BCUT2D eigenvalue weighted by Gasteiger charge is 2.39. The number of imidazole rings is 1. The number of nitrogens with one attached hydrogen (secondary N) is 15. The van der Waals surface area contributed by atoms with E-state index in [9.17, 15) is 77.0 Å². The van der Waals surface area contributed by atoms with Crippen molar-refractivity contribution in [2.45, 2.75) is 262 Å². The molecule has 2 heterocycles. The van der Waals surface area contributed by atoms with Crippen molar-refractivity contribution in [2.24, 2.45) is 63.8 Å². The van der Waals surface area contributed by atoms with Crippen LogP contribution in [0.15, 0.2) is 73.3 Å². The maximum Gasteiger partial charge on any atom is 0.245 e. The van der Waals surface area contributed by atoms with E-state index in [1.54, 1.807) is 116 Å². The first kappa shape index (κ1) is 103. The fraction of sp³-hybridized carbons (Fsp3) is 0.614. The zero-order chi connectivity index (χ0) is 90.5. The van der Waals surface area contributed by atoms with Crippen molar-refractivity contribution in [3.63, 3.8) is 0 Å². The molecule has 4 aromatic rings. The van der Waals surface area contributed by atoms with Gasteiger partial charge >= 0.3 is 0 Å². The first-order valence-corrected chi connectivity index (χ1v) is 42.3. The van der Waals surface area contributed by atoms with Crippen LogP contribution < -0.4 is 109 Å². The predicted molar refractivity (Wildman–Crippen MR) is 458 cm³/mol. The van der Waals surface area contributed by atoms with E-state index in [0.717, 1.165) is 0 Å². The SMILES string of the molecule is CC[C@H](C)[C@H](NC(=O)[C@H](CC(C)C)NC(=O)[C@H](Cc1c[nH]c2ccccc12)NC(=O)CNC(=O)[C@@H](NC(=O)[C@H](CCCCN)NC(=O)[C@H](CO)NC(=O)[C@@H](N)CCCCN)C(C)C)C(=O)N[C@@H](CCC(N)=O)C(=O)N[C@@H](CC(C)C)C(=O)N[C@@H](Cc1ccccc1)C(=O)N[C@@H](Cc1cnc[nH]1)C(=O)N[C@@H](CCCCN)C(=O)N[C@@H](CCCCN)C(N)=O. The lowest BCUT2D eigenvalue weighted by molar-refractivity contribution is -0.137. The molecule has 0 aliphatic heterocycles. The van der Waals surface area contributed by atoms with E-state index in [0.29, 0.717) is 92.2 Å². The molecule has 122 heavy (non-hydrogen) atoms. The van der Waals surface area contributed by atoms with Crippen LogP contribution in [0.3, 0.4) is 0 Å². The smallest absolute Gasteiger partial charge is 0.245 e. The lowest BCUT2D eigenvalue weighted by Crippen LogP contribution is -2.61. The number of primary amides is 2. The monoisotopic (exact) mass is 1710 g/mol. The van der Waals surface area contributed by atoms with Gasteiger partial charge in [0.05, 0.1) is 25.5 Å². The molecule has 15 amide bonds. The molecule has 4 rings (SSSR count). The van der Waals surface area contributed by atoms with Crippen LogP contribution in [0, 0.1) is 23.7 Å². The second kappa shape index (κ2) is 55.1. The standard InChI is InChI=1S/C83H135N23O16/c1-9-50(8)70(106-80(119)62(38-48(4)5)101-78(117)64(40-52-42-92-56-27-14-13-25-54(52)56)95-68(109)44-93-82(121)69(49(6)7)105-75(114)59(30-18-22-36-87)98-81(120)66(45-107)104-72(111)55(88)26-15-19-33-84)83(122)99-60(31-32-67(89)108)74(113)100-61(37-47(2)3)76(115)102-63(39-51-23-11-10-12-24-51)77(116)103-65(41-53-43-91-46-94-53)79(118)97-58(29-17-21-35-86)73(112)96-57(71(90)110)28-16-20-34-85/h10-14,23-25,27,42-43,46-50,55,57-66,69-70,92,107H,9,15-22,26,28-41,44-45,84-88H2,1-8H3,(H2,89,108)(H2,90,110)(H,91,94)(H,93,121)(H,95,109)(H,96,112)(H,97,118)(H,98,120)(H,99,122)(H,100,113)(H,101,117)(H,102,115)(H,103,116)(H,104,111)(H,105,114)(H,106,119)/t50-,55-,57-,58-,59-,60-,61-,62-,63-,64-,65-,66-,69-,70-/m0/s1. The number of unbranched alkanes of at least 4 members (excludes halogenated alkanes) is 4. The number of carbonyl (C=O) groups is 15. The third kappa shape index (κ3) is 36.7. The fourth-order valence-corrected chi connectivity index (χ4v) is 13.4. The van der Waals surface area contributed by atoms with Gasteiger partial charge in [-0.25, -0.2) is 4.98 Å². The van der Waals surface area contributed by atoms with Crippen LogP contribution in [-0.2, 0) is 91.2 Å². The number of aromatic nitrogens is 3. The largest absolute Gasteiger partial charge is 0.394 e. The zero-order valence-corrected chi connectivity index (χ0v) is 71.7. The molecule has 39 nitrogen and oxygen atoms in total. The van der Waals surface area contributed by atoms with Crippen LogP contribution in [-0.4, -0.2) is 227 Å². The molecule has 2 aromatic carbocycles. The van der Waals surface area contributed by atoms with Crippen molar-refractivity contribution in [1.82, 2.24) is 84.1 Å². The minimum absolute atomic E-state index is 0.0222. The molecular formula is C83H135N23O16. The Labute approximate surface area is 713 Å². The summed E-state index contributed by atoms with van der Waals surface area (Å²) >= 11 is 0. The van der Waals surface area contributed by atoms with E-state index in [1.165, 1.54) is 12.5 Å². The van der Waals surface area contributed by atoms with Gasteiger partial charge in [-0.3, -0.25) is 71.9 Å². The molecule has 2 aromatic heterocycles. The Morgan fingerprint density at radius 1 is 0.426 bits per heavy atom. The highest BCUT2D eigenvalue weighted by molar-refractivity contribution is 6.00. The van der Waals surface area contributed by atoms with Crippen molar-refractivity contribution in [3.05, 3.63) is 90.1 Å². The molecule has 0 unspecified atom stereocenters. The molecule has 0 radical (unpaired) electrons. The van der Waals surface area contributed by atoms with Gasteiger partial charge in [-0.1, -0.05) is 117 Å². The summed E-state index contributed by atoms with van der Waals surface area (Å²) in [6.07, 6.45) is 7.66. The zero-order valence-electron chi connectivity index (χ0n) is 71.7. The third-order valence-electron chi connectivity index (χ3n) is 20.6. The van der Waals surface area contributed by atoms with E-state index in [2.05, 4.69) is 84.1 Å². The molecule has 0 fully saturated rings. The van der Waals surface area contributed by atoms with Gasteiger partial charge in [-0.2, -0.15) is 0 Å².